The van der Waals surface area contributed by atoms with Crippen molar-refractivity contribution in [3.63, 3.8) is 0 Å². The van der Waals surface area contributed by atoms with E-state index in [-0.39, 0.29) is 5.54 Å². The SMILES string of the molecule is CC1=NC(C)(CBr)CS1. The second-order valence-corrected chi connectivity index (χ2v) is 4.28. The van der Waals surface area contributed by atoms with E-state index in [0.29, 0.717) is 0 Å². The minimum absolute atomic E-state index is 0.175. The molecular formula is C6H10BrNS. The van der Waals surface area contributed by atoms with Gasteiger partial charge in [0.2, 0.25) is 0 Å². The molecule has 3 heteroatoms. The van der Waals surface area contributed by atoms with Gasteiger partial charge in [-0.1, -0.05) is 15.9 Å². The summed E-state index contributed by atoms with van der Waals surface area (Å²) in [7, 11) is 0. The summed E-state index contributed by atoms with van der Waals surface area (Å²) in [5.74, 6) is 1.13. The van der Waals surface area contributed by atoms with Crippen LogP contribution in [0.2, 0.25) is 0 Å². The third-order valence-electron chi connectivity index (χ3n) is 1.31. The summed E-state index contributed by atoms with van der Waals surface area (Å²) in [5.41, 5.74) is 0.175. The minimum Gasteiger partial charge on any atom is -0.275 e. The molecule has 0 saturated heterocycles. The zero-order valence-corrected chi connectivity index (χ0v) is 8.05. The Morgan fingerprint density at radius 3 is 2.78 bits per heavy atom. The van der Waals surface area contributed by atoms with Crippen molar-refractivity contribution in [3.8, 4) is 0 Å². The van der Waals surface area contributed by atoms with Gasteiger partial charge in [0, 0.05) is 11.1 Å². The van der Waals surface area contributed by atoms with Crippen LogP contribution in [0, 0.1) is 0 Å². The fourth-order valence-electron chi connectivity index (χ4n) is 0.773. The van der Waals surface area contributed by atoms with E-state index in [1.165, 1.54) is 5.04 Å². The largest absolute Gasteiger partial charge is 0.275 e. The van der Waals surface area contributed by atoms with E-state index in [1.54, 1.807) is 0 Å². The molecule has 0 N–H and O–H groups in total. The molecule has 9 heavy (non-hydrogen) atoms. The number of alkyl halides is 1. The van der Waals surface area contributed by atoms with Gasteiger partial charge in [-0.2, -0.15) is 0 Å². The second-order valence-electron chi connectivity index (χ2n) is 2.55. The third kappa shape index (κ3) is 1.71. The van der Waals surface area contributed by atoms with E-state index in [1.807, 2.05) is 11.8 Å². The highest BCUT2D eigenvalue weighted by atomic mass is 79.9. The van der Waals surface area contributed by atoms with Crippen molar-refractivity contribution in [2.24, 2.45) is 4.99 Å². The Morgan fingerprint density at radius 1 is 1.89 bits per heavy atom. The summed E-state index contributed by atoms with van der Waals surface area (Å²) in [6.45, 7) is 4.24. The van der Waals surface area contributed by atoms with Crippen LogP contribution in [-0.2, 0) is 0 Å². The van der Waals surface area contributed by atoms with Crippen LogP contribution in [-0.4, -0.2) is 21.7 Å². The Labute approximate surface area is 68.4 Å². The third-order valence-corrected chi connectivity index (χ3v) is 3.79. The van der Waals surface area contributed by atoms with Gasteiger partial charge in [-0.3, -0.25) is 4.99 Å². The number of halogens is 1. The van der Waals surface area contributed by atoms with E-state index >= 15 is 0 Å². The molecule has 1 atom stereocenters. The van der Waals surface area contributed by atoms with Crippen molar-refractivity contribution in [3.05, 3.63) is 0 Å². The number of thioether (sulfide) groups is 1. The quantitative estimate of drug-likeness (QED) is 0.602. The second kappa shape index (κ2) is 2.62. The first-order chi connectivity index (χ1) is 4.16. The Bertz CT molecular complexity index is 146. The molecule has 1 nitrogen and oxygen atoms in total. The fourth-order valence-corrected chi connectivity index (χ4v) is 2.33. The highest BCUT2D eigenvalue weighted by Gasteiger charge is 2.27. The molecule has 0 saturated carbocycles. The van der Waals surface area contributed by atoms with Gasteiger partial charge in [0.05, 0.1) is 10.6 Å². The molecule has 1 aliphatic rings. The van der Waals surface area contributed by atoms with Gasteiger partial charge in [0.25, 0.3) is 0 Å². The Kier molecular flexibility index (Phi) is 2.22. The summed E-state index contributed by atoms with van der Waals surface area (Å²) in [4.78, 5) is 4.47. The predicted molar refractivity (Wildman–Crippen MR) is 47.8 cm³/mol. The van der Waals surface area contributed by atoms with Gasteiger partial charge in [0.1, 0.15) is 0 Å². The van der Waals surface area contributed by atoms with Crippen LogP contribution < -0.4 is 0 Å². The smallest absolute Gasteiger partial charge is 0.0779 e. The molecule has 1 unspecified atom stereocenters. The Morgan fingerprint density at radius 2 is 2.56 bits per heavy atom. The molecule has 1 rings (SSSR count). The Hall–Kier alpha value is 0.500. The summed E-state index contributed by atoms with van der Waals surface area (Å²) >= 11 is 5.29. The van der Waals surface area contributed by atoms with E-state index in [2.05, 4.69) is 34.8 Å². The molecule has 0 aromatic rings. The number of rotatable bonds is 1. The van der Waals surface area contributed by atoms with Crippen molar-refractivity contribution in [1.82, 2.24) is 0 Å². The normalized spacial score (nSPS) is 34.8. The average molecular weight is 208 g/mol. The molecule has 0 radical (unpaired) electrons. The van der Waals surface area contributed by atoms with Gasteiger partial charge < -0.3 is 0 Å². The first-order valence-electron chi connectivity index (χ1n) is 2.91. The van der Waals surface area contributed by atoms with E-state index < -0.39 is 0 Å². The molecule has 0 aromatic heterocycles. The monoisotopic (exact) mass is 207 g/mol. The highest BCUT2D eigenvalue weighted by Crippen LogP contribution is 2.28. The summed E-state index contributed by atoms with van der Waals surface area (Å²) in [6, 6.07) is 0. The first kappa shape index (κ1) is 7.61. The summed E-state index contributed by atoms with van der Waals surface area (Å²) < 4.78 is 0. The highest BCUT2D eigenvalue weighted by molar-refractivity contribution is 9.09. The standard InChI is InChI=1S/C6H10BrNS/c1-5-8-6(2,3-7)4-9-5/h3-4H2,1-2H3. The van der Waals surface area contributed by atoms with Crippen molar-refractivity contribution in [1.29, 1.82) is 0 Å². The summed E-state index contributed by atoms with van der Waals surface area (Å²) in [6.07, 6.45) is 0. The van der Waals surface area contributed by atoms with Crippen LogP contribution >= 0.6 is 27.7 Å². The lowest BCUT2D eigenvalue weighted by Gasteiger charge is -2.14. The van der Waals surface area contributed by atoms with Gasteiger partial charge in [0.15, 0.2) is 0 Å². The van der Waals surface area contributed by atoms with Crippen LogP contribution in [0.25, 0.3) is 0 Å². The van der Waals surface area contributed by atoms with Crippen LogP contribution in [0.5, 0.6) is 0 Å². The zero-order valence-electron chi connectivity index (χ0n) is 5.65. The zero-order chi connectivity index (χ0) is 6.91. The molecular weight excluding hydrogens is 198 g/mol. The lowest BCUT2D eigenvalue weighted by atomic mass is 10.1. The van der Waals surface area contributed by atoms with Crippen LogP contribution in [0.3, 0.4) is 0 Å². The van der Waals surface area contributed by atoms with Crippen molar-refractivity contribution in [2.45, 2.75) is 19.4 Å². The molecule has 1 heterocycles. The Balaban J connectivity index is 2.64. The fraction of sp³-hybridized carbons (Fsp3) is 0.833. The van der Waals surface area contributed by atoms with Gasteiger partial charge >= 0.3 is 0 Å². The van der Waals surface area contributed by atoms with Crippen molar-refractivity contribution in [2.75, 3.05) is 11.1 Å². The molecule has 0 aromatic carbocycles. The minimum atomic E-state index is 0.175. The van der Waals surface area contributed by atoms with Crippen LogP contribution in [0.4, 0.5) is 0 Å². The molecule has 0 amide bonds. The predicted octanol–water partition coefficient (Wildman–Crippen LogP) is 2.31. The number of hydrogen-bond donors (Lipinski definition) is 0. The van der Waals surface area contributed by atoms with E-state index in [4.69, 9.17) is 0 Å². The molecule has 0 fully saturated rings. The topological polar surface area (TPSA) is 12.4 Å². The number of hydrogen-bond acceptors (Lipinski definition) is 2. The van der Waals surface area contributed by atoms with Crippen molar-refractivity contribution >= 4 is 32.7 Å². The number of nitrogens with zero attached hydrogens (tertiary/aromatic N) is 1. The van der Waals surface area contributed by atoms with Crippen LogP contribution in [0.1, 0.15) is 13.8 Å². The molecule has 0 bridgehead atoms. The van der Waals surface area contributed by atoms with Gasteiger partial charge in [-0.05, 0) is 13.8 Å². The molecule has 52 valence electrons. The number of aliphatic imine (C=N–C) groups is 1. The van der Waals surface area contributed by atoms with Crippen molar-refractivity contribution < 1.29 is 0 Å². The van der Waals surface area contributed by atoms with Crippen LogP contribution in [0.15, 0.2) is 4.99 Å². The lowest BCUT2D eigenvalue weighted by molar-refractivity contribution is 0.620. The summed E-state index contributed by atoms with van der Waals surface area (Å²) in [5, 5.41) is 2.20. The maximum Gasteiger partial charge on any atom is 0.0779 e. The van der Waals surface area contributed by atoms with Gasteiger partial charge in [-0.15, -0.1) is 11.8 Å². The first-order valence-corrected chi connectivity index (χ1v) is 5.02. The van der Waals surface area contributed by atoms with E-state index in [9.17, 15) is 0 Å². The average Bonchev–Trinajstić information content (AvgIpc) is 2.13. The maximum atomic E-state index is 4.47. The maximum absolute atomic E-state index is 4.47. The van der Waals surface area contributed by atoms with E-state index in [0.717, 1.165) is 11.1 Å². The van der Waals surface area contributed by atoms with Gasteiger partial charge in [-0.25, -0.2) is 0 Å². The molecule has 1 aliphatic heterocycles. The molecule has 0 spiro atoms. The lowest BCUT2D eigenvalue weighted by Crippen LogP contribution is -2.23. The molecule has 0 aliphatic carbocycles.